The van der Waals surface area contributed by atoms with Gasteiger partial charge in [-0.15, -0.1) is 0 Å². The highest BCUT2D eigenvalue weighted by molar-refractivity contribution is 5.88. The molecule has 3 heteroatoms. The van der Waals surface area contributed by atoms with E-state index in [1.54, 1.807) is 0 Å². The summed E-state index contributed by atoms with van der Waals surface area (Å²) in [5, 5.41) is 6.29. The van der Waals surface area contributed by atoms with Crippen LogP contribution in [-0.4, -0.2) is 19.0 Å². The van der Waals surface area contributed by atoms with Crippen molar-refractivity contribution >= 4 is 5.91 Å². The first-order valence-corrected chi connectivity index (χ1v) is 5.79. The van der Waals surface area contributed by atoms with Gasteiger partial charge in [-0.1, -0.05) is 36.8 Å². The van der Waals surface area contributed by atoms with Gasteiger partial charge in [-0.25, -0.2) is 0 Å². The Morgan fingerprint density at radius 3 is 2.50 bits per heavy atom. The van der Waals surface area contributed by atoms with Crippen LogP contribution in [0.4, 0.5) is 0 Å². The summed E-state index contributed by atoms with van der Waals surface area (Å²) >= 11 is 0. The number of hydrogen-bond acceptors (Lipinski definition) is 2. The Hall–Kier alpha value is -1.35. The Morgan fingerprint density at radius 1 is 1.25 bits per heavy atom. The zero-order chi connectivity index (χ0) is 11.6. The van der Waals surface area contributed by atoms with Crippen LogP contribution in [0.25, 0.3) is 0 Å². The van der Waals surface area contributed by atoms with Gasteiger partial charge in [0.05, 0.1) is 0 Å². The number of carbonyl (C=O) groups excluding carboxylic acids is 1. The summed E-state index contributed by atoms with van der Waals surface area (Å²) in [5.41, 5.74) is 1.73. The molecule has 1 saturated heterocycles. The van der Waals surface area contributed by atoms with E-state index in [2.05, 4.69) is 29.7 Å². The molecule has 1 unspecified atom stereocenters. The quantitative estimate of drug-likeness (QED) is 0.786. The van der Waals surface area contributed by atoms with E-state index < -0.39 is 5.54 Å². The van der Waals surface area contributed by atoms with Gasteiger partial charge >= 0.3 is 0 Å². The van der Waals surface area contributed by atoms with Crippen molar-refractivity contribution in [1.29, 1.82) is 0 Å². The number of aryl methyl sites for hydroxylation is 1. The molecule has 0 aliphatic carbocycles. The normalized spacial score (nSPS) is 25.2. The van der Waals surface area contributed by atoms with E-state index in [4.69, 9.17) is 0 Å². The molecule has 2 N–H and O–H groups in total. The molecule has 1 aliphatic heterocycles. The average Bonchev–Trinajstić information content (AvgIpc) is 2.31. The van der Waals surface area contributed by atoms with Gasteiger partial charge in [0.15, 0.2) is 0 Å². The van der Waals surface area contributed by atoms with Crippen molar-refractivity contribution in [3.63, 3.8) is 0 Å². The van der Waals surface area contributed by atoms with E-state index in [-0.39, 0.29) is 5.91 Å². The number of benzene rings is 1. The van der Waals surface area contributed by atoms with E-state index in [1.807, 2.05) is 19.1 Å². The third kappa shape index (κ3) is 1.71. The lowest BCUT2D eigenvalue weighted by Crippen LogP contribution is -2.60. The van der Waals surface area contributed by atoms with Crippen molar-refractivity contribution in [3.8, 4) is 0 Å². The zero-order valence-electron chi connectivity index (χ0n) is 9.84. The largest absolute Gasteiger partial charge is 0.353 e. The number of hydrogen-bond donors (Lipinski definition) is 2. The second kappa shape index (κ2) is 4.26. The molecular weight excluding hydrogens is 200 g/mol. The summed E-state index contributed by atoms with van der Waals surface area (Å²) in [6, 6.07) is 8.18. The van der Waals surface area contributed by atoms with Crippen LogP contribution in [0.3, 0.4) is 0 Å². The maximum atomic E-state index is 12.1. The van der Waals surface area contributed by atoms with E-state index in [9.17, 15) is 4.79 Å². The van der Waals surface area contributed by atoms with Crippen LogP contribution >= 0.6 is 0 Å². The number of carbonyl (C=O) groups is 1. The summed E-state index contributed by atoms with van der Waals surface area (Å²) in [7, 11) is 0. The highest BCUT2D eigenvalue weighted by atomic mass is 16.2. The molecule has 0 saturated carbocycles. The van der Waals surface area contributed by atoms with Crippen LogP contribution < -0.4 is 10.6 Å². The standard InChI is InChI=1S/C13H18N2O/c1-3-13(12(16)14-8-9-15-13)11-6-4-10(2)5-7-11/h4-7,15H,3,8-9H2,1-2H3,(H,14,16). The Balaban J connectivity index is 2.40. The molecule has 0 aromatic heterocycles. The molecule has 86 valence electrons. The molecular formula is C13H18N2O. The van der Waals surface area contributed by atoms with Gasteiger partial charge in [-0.2, -0.15) is 0 Å². The second-order valence-corrected chi connectivity index (χ2v) is 4.31. The van der Waals surface area contributed by atoms with Crippen molar-refractivity contribution < 1.29 is 4.79 Å². The third-order valence-corrected chi connectivity index (χ3v) is 3.30. The summed E-state index contributed by atoms with van der Waals surface area (Å²) in [6.45, 7) is 5.63. The highest BCUT2D eigenvalue weighted by Gasteiger charge is 2.39. The molecule has 1 fully saturated rings. The first-order valence-electron chi connectivity index (χ1n) is 5.79. The molecule has 3 nitrogen and oxygen atoms in total. The summed E-state index contributed by atoms with van der Waals surface area (Å²) in [4.78, 5) is 12.1. The van der Waals surface area contributed by atoms with Gasteiger partial charge in [0.1, 0.15) is 5.54 Å². The van der Waals surface area contributed by atoms with Crippen LogP contribution in [-0.2, 0) is 10.3 Å². The van der Waals surface area contributed by atoms with Crippen LogP contribution in [0, 0.1) is 6.92 Å². The molecule has 0 radical (unpaired) electrons. The van der Waals surface area contributed by atoms with Crippen molar-refractivity contribution in [2.24, 2.45) is 0 Å². The molecule has 2 rings (SSSR count). The van der Waals surface area contributed by atoms with Crippen molar-refractivity contribution in [2.75, 3.05) is 13.1 Å². The van der Waals surface area contributed by atoms with Crippen LogP contribution in [0.2, 0.25) is 0 Å². The smallest absolute Gasteiger partial charge is 0.244 e. The summed E-state index contributed by atoms with van der Waals surface area (Å²) in [6.07, 6.45) is 0.766. The fraction of sp³-hybridized carbons (Fsp3) is 0.462. The number of nitrogens with one attached hydrogen (secondary N) is 2. The lowest BCUT2D eigenvalue weighted by molar-refractivity contribution is -0.129. The zero-order valence-corrected chi connectivity index (χ0v) is 9.84. The first-order chi connectivity index (χ1) is 7.69. The Kier molecular flexibility index (Phi) is 2.97. The van der Waals surface area contributed by atoms with Crippen molar-refractivity contribution in [2.45, 2.75) is 25.8 Å². The Labute approximate surface area is 96.2 Å². The van der Waals surface area contributed by atoms with E-state index in [1.165, 1.54) is 5.56 Å². The van der Waals surface area contributed by atoms with E-state index in [0.29, 0.717) is 6.54 Å². The highest BCUT2D eigenvalue weighted by Crippen LogP contribution is 2.26. The molecule has 1 heterocycles. The van der Waals surface area contributed by atoms with Crippen LogP contribution in [0.5, 0.6) is 0 Å². The minimum absolute atomic E-state index is 0.0881. The van der Waals surface area contributed by atoms with Gasteiger partial charge < -0.3 is 5.32 Å². The molecule has 0 spiro atoms. The predicted octanol–water partition coefficient (Wildman–Crippen LogP) is 1.32. The molecule has 0 bridgehead atoms. The van der Waals surface area contributed by atoms with Crippen LogP contribution in [0.1, 0.15) is 24.5 Å². The third-order valence-electron chi connectivity index (χ3n) is 3.30. The summed E-state index contributed by atoms with van der Waals surface area (Å²) < 4.78 is 0. The first kappa shape index (κ1) is 11.1. The molecule has 16 heavy (non-hydrogen) atoms. The topological polar surface area (TPSA) is 41.1 Å². The van der Waals surface area contributed by atoms with Gasteiger partial charge in [0.2, 0.25) is 5.91 Å². The number of piperazine rings is 1. The monoisotopic (exact) mass is 218 g/mol. The van der Waals surface area contributed by atoms with Crippen LogP contribution in [0.15, 0.2) is 24.3 Å². The number of rotatable bonds is 2. The van der Waals surface area contributed by atoms with Gasteiger partial charge in [-0.3, -0.25) is 10.1 Å². The minimum atomic E-state index is -0.536. The fourth-order valence-electron chi connectivity index (χ4n) is 2.24. The lowest BCUT2D eigenvalue weighted by atomic mass is 9.84. The van der Waals surface area contributed by atoms with Crippen molar-refractivity contribution in [3.05, 3.63) is 35.4 Å². The molecule has 1 aliphatic rings. The average molecular weight is 218 g/mol. The molecule has 1 atom stereocenters. The molecule has 1 aromatic rings. The number of amides is 1. The fourth-order valence-corrected chi connectivity index (χ4v) is 2.24. The Bertz CT molecular complexity index is 385. The van der Waals surface area contributed by atoms with Gasteiger partial charge in [-0.05, 0) is 18.9 Å². The van der Waals surface area contributed by atoms with E-state index in [0.717, 1.165) is 18.5 Å². The summed E-state index contributed by atoms with van der Waals surface area (Å²) in [5.74, 6) is 0.0881. The van der Waals surface area contributed by atoms with E-state index >= 15 is 0 Å². The molecule has 1 aromatic carbocycles. The maximum Gasteiger partial charge on any atom is 0.244 e. The molecule has 1 amide bonds. The minimum Gasteiger partial charge on any atom is -0.353 e. The van der Waals surface area contributed by atoms with Gasteiger partial charge in [0, 0.05) is 13.1 Å². The second-order valence-electron chi connectivity index (χ2n) is 4.31. The predicted molar refractivity (Wildman–Crippen MR) is 64.2 cm³/mol. The lowest BCUT2D eigenvalue weighted by Gasteiger charge is -2.37. The SMILES string of the molecule is CCC1(c2ccc(C)cc2)NCCNC1=O. The van der Waals surface area contributed by atoms with Crippen molar-refractivity contribution in [1.82, 2.24) is 10.6 Å². The van der Waals surface area contributed by atoms with Gasteiger partial charge in [0.25, 0.3) is 0 Å². The Morgan fingerprint density at radius 2 is 1.94 bits per heavy atom. The maximum absolute atomic E-state index is 12.1.